The molecule has 0 aliphatic heterocycles. The largest absolute Gasteiger partial charge is 0.467 e. The topological polar surface area (TPSA) is 55.4 Å². The van der Waals surface area contributed by atoms with Crippen molar-refractivity contribution in [3.05, 3.63) is 58.6 Å². The molecule has 4 nitrogen and oxygen atoms in total. The maximum Gasteiger partial charge on any atom is 0.328 e. The molecule has 6 heteroatoms. The number of nitrogens with one attached hydrogen (secondary N) is 1. The Morgan fingerprint density at radius 1 is 1.20 bits per heavy atom. The molecule has 0 saturated heterocycles. The van der Waals surface area contributed by atoms with Crippen LogP contribution in [0.5, 0.6) is 0 Å². The number of carbonyl (C=O) groups excluding carboxylic acids is 2. The highest BCUT2D eigenvalue weighted by atomic mass is 79.9. The van der Waals surface area contributed by atoms with Gasteiger partial charge in [-0.2, -0.15) is 11.8 Å². The minimum atomic E-state index is -0.655. The van der Waals surface area contributed by atoms with Crippen LogP contribution in [0.15, 0.2) is 53.0 Å². The number of carbonyl (C=O) groups is 2. The van der Waals surface area contributed by atoms with E-state index in [1.165, 1.54) is 7.11 Å². The van der Waals surface area contributed by atoms with Crippen LogP contribution in [0.2, 0.25) is 0 Å². The molecule has 0 radical (unpaired) electrons. The second-order valence-electron chi connectivity index (χ2n) is 5.39. The average molecular weight is 422 g/mol. The Kier molecular flexibility index (Phi) is 7.52. The van der Waals surface area contributed by atoms with Gasteiger partial charge < -0.3 is 10.1 Å². The van der Waals surface area contributed by atoms with Gasteiger partial charge in [-0.1, -0.05) is 46.3 Å². The van der Waals surface area contributed by atoms with Gasteiger partial charge in [-0.25, -0.2) is 4.79 Å². The van der Waals surface area contributed by atoms with Crippen LogP contribution in [-0.4, -0.2) is 37.0 Å². The molecular formula is C19H20BrNO3S. The predicted molar refractivity (Wildman–Crippen MR) is 106 cm³/mol. The second kappa shape index (κ2) is 9.63. The van der Waals surface area contributed by atoms with Crippen LogP contribution < -0.4 is 5.32 Å². The molecule has 0 aliphatic carbocycles. The zero-order valence-corrected chi connectivity index (χ0v) is 16.5. The molecule has 1 unspecified atom stereocenters. The van der Waals surface area contributed by atoms with Crippen LogP contribution in [0, 0.1) is 0 Å². The molecule has 1 N–H and O–H groups in total. The van der Waals surface area contributed by atoms with Crippen molar-refractivity contribution >= 4 is 39.6 Å². The van der Waals surface area contributed by atoms with Crippen molar-refractivity contribution in [3.63, 3.8) is 0 Å². The highest BCUT2D eigenvalue weighted by Crippen LogP contribution is 2.27. The first-order valence-corrected chi connectivity index (χ1v) is 9.98. The Morgan fingerprint density at radius 3 is 2.56 bits per heavy atom. The Morgan fingerprint density at radius 2 is 1.92 bits per heavy atom. The van der Waals surface area contributed by atoms with Crippen LogP contribution in [0.25, 0.3) is 11.1 Å². The van der Waals surface area contributed by atoms with E-state index < -0.39 is 12.0 Å². The molecule has 0 spiro atoms. The van der Waals surface area contributed by atoms with E-state index in [0.29, 0.717) is 12.0 Å². The molecule has 1 atom stereocenters. The van der Waals surface area contributed by atoms with E-state index in [2.05, 4.69) is 21.2 Å². The Balaban J connectivity index is 2.30. The lowest BCUT2D eigenvalue weighted by Gasteiger charge is -2.17. The van der Waals surface area contributed by atoms with E-state index in [1.807, 2.05) is 48.7 Å². The van der Waals surface area contributed by atoms with Crippen molar-refractivity contribution in [2.75, 3.05) is 19.1 Å². The maximum absolute atomic E-state index is 12.8. The van der Waals surface area contributed by atoms with Gasteiger partial charge in [0, 0.05) is 10.0 Å². The van der Waals surface area contributed by atoms with Crippen molar-refractivity contribution in [1.29, 1.82) is 0 Å². The molecule has 2 rings (SSSR count). The molecule has 132 valence electrons. The summed E-state index contributed by atoms with van der Waals surface area (Å²) < 4.78 is 5.69. The van der Waals surface area contributed by atoms with Crippen LogP contribution in [-0.2, 0) is 9.53 Å². The summed E-state index contributed by atoms with van der Waals surface area (Å²) in [6, 6.07) is 14.5. The molecule has 2 aromatic carbocycles. The summed E-state index contributed by atoms with van der Waals surface area (Å²) in [6.45, 7) is 0. The number of ether oxygens (including phenoxy) is 1. The van der Waals surface area contributed by atoms with E-state index in [0.717, 1.165) is 21.4 Å². The summed E-state index contributed by atoms with van der Waals surface area (Å²) in [6.07, 6.45) is 2.48. The fourth-order valence-electron chi connectivity index (χ4n) is 2.43. The number of hydrogen-bond donors (Lipinski definition) is 1. The summed E-state index contributed by atoms with van der Waals surface area (Å²) in [7, 11) is 1.33. The van der Waals surface area contributed by atoms with Crippen molar-refractivity contribution in [3.8, 4) is 11.1 Å². The van der Waals surface area contributed by atoms with Gasteiger partial charge in [-0.15, -0.1) is 0 Å². The van der Waals surface area contributed by atoms with Crippen LogP contribution in [0.1, 0.15) is 16.8 Å². The summed E-state index contributed by atoms with van der Waals surface area (Å²) in [4.78, 5) is 24.7. The van der Waals surface area contributed by atoms with Gasteiger partial charge in [0.25, 0.3) is 5.91 Å². The van der Waals surface area contributed by atoms with Crippen LogP contribution in [0.3, 0.4) is 0 Å². The number of hydrogen-bond acceptors (Lipinski definition) is 4. The lowest BCUT2D eigenvalue weighted by molar-refractivity contribution is -0.142. The highest BCUT2D eigenvalue weighted by Gasteiger charge is 2.23. The van der Waals surface area contributed by atoms with E-state index in [1.54, 1.807) is 17.8 Å². The molecule has 1 amide bonds. The first kappa shape index (κ1) is 19.5. The summed E-state index contributed by atoms with van der Waals surface area (Å²) in [5, 5.41) is 2.81. The molecule has 0 fully saturated rings. The van der Waals surface area contributed by atoms with Gasteiger partial charge in [0.05, 0.1) is 7.11 Å². The molecular weight excluding hydrogens is 402 g/mol. The minimum absolute atomic E-state index is 0.289. The zero-order valence-electron chi connectivity index (χ0n) is 14.1. The van der Waals surface area contributed by atoms with Gasteiger partial charge in [0.15, 0.2) is 0 Å². The van der Waals surface area contributed by atoms with Gasteiger partial charge >= 0.3 is 5.97 Å². The third kappa shape index (κ3) is 5.34. The number of amides is 1. The number of benzene rings is 2. The van der Waals surface area contributed by atoms with Crippen molar-refractivity contribution in [1.82, 2.24) is 5.32 Å². The monoisotopic (exact) mass is 421 g/mol. The molecule has 25 heavy (non-hydrogen) atoms. The fourth-order valence-corrected chi connectivity index (χ4v) is 3.27. The summed E-state index contributed by atoms with van der Waals surface area (Å²) >= 11 is 5.07. The number of thioether (sulfide) groups is 1. The number of halogens is 1. The van der Waals surface area contributed by atoms with Gasteiger partial charge in [0.1, 0.15) is 6.04 Å². The van der Waals surface area contributed by atoms with E-state index in [-0.39, 0.29) is 5.91 Å². The smallest absolute Gasteiger partial charge is 0.328 e. The average Bonchev–Trinajstić information content (AvgIpc) is 2.64. The summed E-state index contributed by atoms with van der Waals surface area (Å²) in [5.41, 5.74) is 2.26. The van der Waals surface area contributed by atoms with Crippen molar-refractivity contribution in [2.24, 2.45) is 0 Å². The molecule has 2 aromatic rings. The Hall–Kier alpha value is -1.79. The quantitative estimate of drug-likeness (QED) is 0.682. The Labute approximate surface area is 160 Å². The maximum atomic E-state index is 12.8. The van der Waals surface area contributed by atoms with E-state index in [4.69, 9.17) is 4.74 Å². The molecule has 0 aromatic heterocycles. The van der Waals surface area contributed by atoms with Gasteiger partial charge in [-0.05, 0) is 47.8 Å². The Bertz CT molecular complexity index is 737. The standard InChI is InChI=1S/C19H20BrNO3S/c1-24-19(23)17(10-11-25-2)21-18(22)15-9-8-14(20)12-16(15)13-6-4-3-5-7-13/h3-9,12,17H,10-11H2,1-2H3,(H,21,22). The lowest BCUT2D eigenvalue weighted by atomic mass is 9.99. The van der Waals surface area contributed by atoms with E-state index in [9.17, 15) is 9.59 Å². The highest BCUT2D eigenvalue weighted by molar-refractivity contribution is 9.10. The first-order valence-electron chi connectivity index (χ1n) is 7.79. The number of rotatable bonds is 7. The molecule has 0 aliphatic rings. The third-order valence-corrected chi connectivity index (χ3v) is 4.85. The minimum Gasteiger partial charge on any atom is -0.467 e. The lowest BCUT2D eigenvalue weighted by Crippen LogP contribution is -2.42. The van der Waals surface area contributed by atoms with Crippen LogP contribution >= 0.6 is 27.7 Å². The predicted octanol–water partition coefficient (Wildman–Crippen LogP) is 4.14. The van der Waals surface area contributed by atoms with Gasteiger partial charge in [-0.3, -0.25) is 4.79 Å². The molecule has 0 saturated carbocycles. The van der Waals surface area contributed by atoms with Crippen LogP contribution in [0.4, 0.5) is 0 Å². The molecule has 0 bridgehead atoms. The normalized spacial score (nSPS) is 11.6. The van der Waals surface area contributed by atoms with Crippen molar-refractivity contribution < 1.29 is 14.3 Å². The number of methoxy groups -OCH3 is 1. The third-order valence-electron chi connectivity index (χ3n) is 3.71. The number of esters is 1. The summed E-state index contributed by atoms with van der Waals surface area (Å²) in [5.74, 6) is 0.0370. The SMILES string of the molecule is COC(=O)C(CCSC)NC(=O)c1ccc(Br)cc1-c1ccccc1. The van der Waals surface area contributed by atoms with Gasteiger partial charge in [0.2, 0.25) is 0 Å². The molecule has 0 heterocycles. The zero-order chi connectivity index (χ0) is 18.2. The van der Waals surface area contributed by atoms with E-state index >= 15 is 0 Å². The first-order chi connectivity index (χ1) is 12.1. The van der Waals surface area contributed by atoms with Crippen molar-refractivity contribution in [2.45, 2.75) is 12.5 Å². The fraction of sp³-hybridized carbons (Fsp3) is 0.263. The second-order valence-corrected chi connectivity index (χ2v) is 7.29.